The Bertz CT molecular complexity index is 469. The fraction of sp³-hybridized carbons (Fsp3) is 0.533. The molecule has 0 radical (unpaired) electrons. The fourth-order valence-electron chi connectivity index (χ4n) is 2.90. The highest BCUT2D eigenvalue weighted by molar-refractivity contribution is 5.79. The van der Waals surface area contributed by atoms with Gasteiger partial charge in [-0.15, -0.1) is 0 Å². The predicted molar refractivity (Wildman–Crippen MR) is 68.4 cm³/mol. The zero-order valence-corrected chi connectivity index (χ0v) is 10.7. The van der Waals surface area contributed by atoms with Crippen molar-refractivity contribution in [2.24, 2.45) is 0 Å². The van der Waals surface area contributed by atoms with Crippen molar-refractivity contribution in [3.8, 4) is 11.5 Å². The second-order valence-corrected chi connectivity index (χ2v) is 5.17. The van der Waals surface area contributed by atoms with Gasteiger partial charge in [0.15, 0.2) is 11.5 Å². The van der Waals surface area contributed by atoms with Crippen LogP contribution in [-0.2, 0) is 4.79 Å². The topological polar surface area (TPSA) is 35.5 Å². The van der Waals surface area contributed by atoms with Crippen LogP contribution in [-0.4, -0.2) is 19.0 Å². The van der Waals surface area contributed by atoms with Gasteiger partial charge in [-0.05, 0) is 48.9 Å². The smallest absolute Gasteiger partial charge is 0.161 e. The number of ketones is 1. The molecule has 3 heteroatoms. The molecule has 1 fully saturated rings. The summed E-state index contributed by atoms with van der Waals surface area (Å²) < 4.78 is 11.2. The Morgan fingerprint density at radius 3 is 2.33 bits per heavy atom. The fourth-order valence-corrected chi connectivity index (χ4v) is 2.90. The van der Waals surface area contributed by atoms with E-state index in [1.807, 2.05) is 0 Å². The molecule has 0 amide bonds. The van der Waals surface area contributed by atoms with Gasteiger partial charge < -0.3 is 9.47 Å². The first kappa shape index (κ1) is 11.6. The lowest BCUT2D eigenvalue weighted by atomic mass is 9.81. The third-order valence-electron chi connectivity index (χ3n) is 3.91. The monoisotopic (exact) mass is 246 g/mol. The highest BCUT2D eigenvalue weighted by Gasteiger charge is 2.23. The molecule has 0 bridgehead atoms. The van der Waals surface area contributed by atoms with Gasteiger partial charge in [0.1, 0.15) is 19.0 Å². The molecule has 0 aromatic heterocycles. The molecule has 0 spiro atoms. The first-order valence-corrected chi connectivity index (χ1v) is 6.66. The first-order valence-electron chi connectivity index (χ1n) is 6.66. The highest BCUT2D eigenvalue weighted by Crippen LogP contribution is 2.39. The molecule has 0 saturated heterocycles. The molecule has 3 nitrogen and oxygen atoms in total. The van der Waals surface area contributed by atoms with Gasteiger partial charge in [0.25, 0.3) is 0 Å². The number of carbonyl (C=O) groups excluding carboxylic acids is 1. The lowest BCUT2D eigenvalue weighted by Crippen LogP contribution is -2.17. The molecule has 1 heterocycles. The van der Waals surface area contributed by atoms with Gasteiger partial charge in [-0.2, -0.15) is 0 Å². The van der Waals surface area contributed by atoms with Crippen LogP contribution in [0, 0.1) is 6.92 Å². The van der Waals surface area contributed by atoms with E-state index >= 15 is 0 Å². The minimum absolute atomic E-state index is 0.404. The van der Waals surface area contributed by atoms with Crippen LogP contribution in [0.5, 0.6) is 11.5 Å². The maximum atomic E-state index is 11.3. The van der Waals surface area contributed by atoms with Crippen molar-refractivity contribution in [2.75, 3.05) is 13.2 Å². The van der Waals surface area contributed by atoms with Crippen molar-refractivity contribution in [1.29, 1.82) is 0 Å². The number of benzene rings is 1. The number of ether oxygens (including phenoxy) is 2. The summed E-state index contributed by atoms with van der Waals surface area (Å²) in [5.41, 5.74) is 2.57. The number of carbonyl (C=O) groups is 1. The molecule has 1 aliphatic carbocycles. The zero-order valence-electron chi connectivity index (χ0n) is 10.7. The van der Waals surface area contributed by atoms with Crippen molar-refractivity contribution in [2.45, 2.75) is 38.5 Å². The molecule has 2 aliphatic rings. The Labute approximate surface area is 107 Å². The largest absolute Gasteiger partial charge is 0.486 e. The van der Waals surface area contributed by atoms with E-state index in [0.717, 1.165) is 37.2 Å². The Morgan fingerprint density at radius 2 is 1.67 bits per heavy atom. The number of rotatable bonds is 1. The Balaban J connectivity index is 1.89. The molecule has 1 aliphatic heterocycles. The molecule has 1 aromatic rings. The van der Waals surface area contributed by atoms with Crippen LogP contribution in [0.1, 0.15) is 42.7 Å². The van der Waals surface area contributed by atoms with Gasteiger partial charge in [0.2, 0.25) is 0 Å². The number of hydrogen-bond donors (Lipinski definition) is 0. The van der Waals surface area contributed by atoms with Crippen LogP contribution in [0.25, 0.3) is 0 Å². The maximum absolute atomic E-state index is 11.3. The first-order chi connectivity index (χ1) is 8.74. The summed E-state index contributed by atoms with van der Waals surface area (Å²) in [7, 11) is 0. The number of Topliss-reactive ketones (excluding diaryl/α,β-unsaturated/α-hetero) is 1. The standard InChI is InChI=1S/C15H18O3/c1-10-8-14-15(18-7-6-17-14)9-13(10)11-2-4-12(16)5-3-11/h8-9,11H,2-7H2,1H3. The Hall–Kier alpha value is -1.51. The Kier molecular flexibility index (Phi) is 2.98. The average Bonchev–Trinajstić information content (AvgIpc) is 2.39. The summed E-state index contributed by atoms with van der Waals surface area (Å²) in [4.78, 5) is 11.3. The highest BCUT2D eigenvalue weighted by atomic mass is 16.6. The molecule has 1 saturated carbocycles. The minimum atomic E-state index is 0.404. The van der Waals surface area contributed by atoms with Gasteiger partial charge in [-0.25, -0.2) is 0 Å². The number of hydrogen-bond acceptors (Lipinski definition) is 3. The molecule has 18 heavy (non-hydrogen) atoms. The van der Waals surface area contributed by atoms with E-state index in [2.05, 4.69) is 19.1 Å². The normalized spacial score (nSPS) is 19.9. The zero-order chi connectivity index (χ0) is 12.5. The maximum Gasteiger partial charge on any atom is 0.161 e. The third kappa shape index (κ3) is 2.09. The summed E-state index contributed by atoms with van der Waals surface area (Å²) in [6.07, 6.45) is 3.38. The molecule has 3 rings (SSSR count). The van der Waals surface area contributed by atoms with Crippen LogP contribution in [0.15, 0.2) is 12.1 Å². The summed E-state index contributed by atoms with van der Waals surface area (Å²) in [5, 5.41) is 0. The molecule has 0 unspecified atom stereocenters. The van der Waals surface area contributed by atoms with Crippen LogP contribution in [0.4, 0.5) is 0 Å². The van der Waals surface area contributed by atoms with Crippen molar-refractivity contribution in [3.05, 3.63) is 23.3 Å². The lowest BCUT2D eigenvalue weighted by molar-refractivity contribution is -0.120. The van der Waals surface area contributed by atoms with Crippen molar-refractivity contribution >= 4 is 5.78 Å². The van der Waals surface area contributed by atoms with E-state index in [9.17, 15) is 4.79 Å². The molecular weight excluding hydrogens is 228 g/mol. The summed E-state index contributed by atoms with van der Waals surface area (Å²) >= 11 is 0. The Morgan fingerprint density at radius 1 is 1.06 bits per heavy atom. The number of fused-ring (bicyclic) bond motifs is 1. The van der Waals surface area contributed by atoms with Crippen molar-refractivity contribution in [3.63, 3.8) is 0 Å². The van der Waals surface area contributed by atoms with E-state index in [0.29, 0.717) is 24.9 Å². The van der Waals surface area contributed by atoms with Crippen LogP contribution in [0.2, 0.25) is 0 Å². The second-order valence-electron chi connectivity index (χ2n) is 5.17. The van der Waals surface area contributed by atoms with Gasteiger partial charge >= 0.3 is 0 Å². The third-order valence-corrected chi connectivity index (χ3v) is 3.91. The average molecular weight is 246 g/mol. The van der Waals surface area contributed by atoms with Crippen molar-refractivity contribution < 1.29 is 14.3 Å². The summed E-state index contributed by atoms with van der Waals surface area (Å²) in [6.45, 7) is 3.37. The van der Waals surface area contributed by atoms with E-state index < -0.39 is 0 Å². The second kappa shape index (κ2) is 4.63. The van der Waals surface area contributed by atoms with Gasteiger partial charge in [0.05, 0.1) is 0 Å². The van der Waals surface area contributed by atoms with Gasteiger partial charge in [-0.1, -0.05) is 0 Å². The van der Waals surface area contributed by atoms with E-state index in [-0.39, 0.29) is 0 Å². The van der Waals surface area contributed by atoms with E-state index in [4.69, 9.17) is 9.47 Å². The van der Waals surface area contributed by atoms with Crippen LogP contribution in [0.3, 0.4) is 0 Å². The van der Waals surface area contributed by atoms with E-state index in [1.54, 1.807) is 0 Å². The molecule has 96 valence electrons. The van der Waals surface area contributed by atoms with Gasteiger partial charge in [0, 0.05) is 12.8 Å². The lowest BCUT2D eigenvalue weighted by Gasteiger charge is -2.26. The summed E-state index contributed by atoms with van der Waals surface area (Å²) in [5.74, 6) is 2.62. The van der Waals surface area contributed by atoms with Crippen molar-refractivity contribution in [1.82, 2.24) is 0 Å². The molecule has 0 atom stereocenters. The SMILES string of the molecule is Cc1cc2c(cc1C1CCC(=O)CC1)OCCO2. The van der Waals surface area contributed by atoms with Gasteiger partial charge in [-0.3, -0.25) is 4.79 Å². The van der Waals surface area contributed by atoms with Crippen LogP contribution >= 0.6 is 0 Å². The minimum Gasteiger partial charge on any atom is -0.486 e. The van der Waals surface area contributed by atoms with E-state index in [1.165, 1.54) is 11.1 Å². The number of aryl methyl sites for hydroxylation is 1. The molecule has 1 aromatic carbocycles. The molecular formula is C15H18O3. The molecule has 0 N–H and O–H groups in total. The predicted octanol–water partition coefficient (Wildman–Crippen LogP) is 2.99. The summed E-state index contributed by atoms with van der Waals surface area (Å²) in [6, 6.07) is 4.19. The van der Waals surface area contributed by atoms with Crippen LogP contribution < -0.4 is 9.47 Å². The quantitative estimate of drug-likeness (QED) is 0.764.